The second-order valence-electron chi connectivity index (χ2n) is 6.49. The van der Waals surface area contributed by atoms with Crippen molar-refractivity contribution in [3.8, 4) is 11.5 Å². The normalized spacial score (nSPS) is 14.6. The molecule has 27 heavy (non-hydrogen) atoms. The topological polar surface area (TPSA) is 41.6 Å². The first-order chi connectivity index (χ1) is 12.6. The molecule has 0 radical (unpaired) electrons. The molecule has 0 atom stereocenters. The molecule has 7 heteroatoms. The molecule has 1 aliphatic heterocycles. The number of carbonyl (C=O) groups excluding carboxylic acids is 1. The van der Waals surface area contributed by atoms with E-state index < -0.39 is 5.82 Å². The summed E-state index contributed by atoms with van der Waals surface area (Å²) in [5.74, 6) is 0.465. The number of hydrogen-bond acceptors (Lipinski definition) is 3. The number of halogens is 3. The first-order valence-corrected chi connectivity index (χ1v) is 9.11. The van der Waals surface area contributed by atoms with Crippen LogP contribution in [0.2, 0.25) is 5.02 Å². The molecule has 146 valence electrons. The third kappa shape index (κ3) is 5.58. The largest absolute Gasteiger partial charge is 0.454 e. The van der Waals surface area contributed by atoms with Gasteiger partial charge in [0.25, 0.3) is 5.91 Å². The van der Waals surface area contributed by atoms with Crippen molar-refractivity contribution in [3.63, 3.8) is 0 Å². The van der Waals surface area contributed by atoms with Gasteiger partial charge in [0, 0.05) is 23.7 Å². The van der Waals surface area contributed by atoms with Crippen molar-refractivity contribution in [2.45, 2.75) is 12.8 Å². The molecule has 0 spiro atoms. The van der Waals surface area contributed by atoms with Crippen LogP contribution in [0.4, 0.5) is 4.39 Å². The Morgan fingerprint density at radius 1 is 1.22 bits per heavy atom. The predicted octanol–water partition coefficient (Wildman–Crippen LogP) is 4.76. The molecule has 0 aromatic heterocycles. The van der Waals surface area contributed by atoms with Crippen LogP contribution < -0.4 is 10.1 Å². The summed E-state index contributed by atoms with van der Waals surface area (Å²) in [6.07, 6.45) is 1.93. The van der Waals surface area contributed by atoms with E-state index in [1.165, 1.54) is 12.1 Å². The second kappa shape index (κ2) is 9.93. The molecular formula is C20H23Cl2FN2O2. The lowest BCUT2D eigenvalue weighted by atomic mass is 9.96. The predicted molar refractivity (Wildman–Crippen MR) is 108 cm³/mol. The number of ether oxygens (including phenoxy) is 1. The first kappa shape index (κ1) is 21.5. The van der Waals surface area contributed by atoms with E-state index in [4.69, 9.17) is 16.3 Å². The number of piperidine rings is 1. The average Bonchev–Trinajstić information content (AvgIpc) is 2.65. The number of amides is 1. The highest BCUT2D eigenvalue weighted by atomic mass is 35.5. The van der Waals surface area contributed by atoms with Crippen LogP contribution in [0.1, 0.15) is 23.2 Å². The highest BCUT2D eigenvalue weighted by Crippen LogP contribution is 2.27. The number of benzene rings is 2. The molecule has 2 aromatic rings. The van der Waals surface area contributed by atoms with Gasteiger partial charge in [-0.3, -0.25) is 4.79 Å². The zero-order valence-corrected chi connectivity index (χ0v) is 16.7. The second-order valence-corrected chi connectivity index (χ2v) is 6.93. The van der Waals surface area contributed by atoms with E-state index in [0.29, 0.717) is 35.3 Å². The minimum Gasteiger partial charge on any atom is -0.454 e. The summed E-state index contributed by atoms with van der Waals surface area (Å²) in [5.41, 5.74) is 0.345. The van der Waals surface area contributed by atoms with Crippen LogP contribution in [0.3, 0.4) is 0 Å². The molecule has 1 amide bonds. The monoisotopic (exact) mass is 412 g/mol. The van der Waals surface area contributed by atoms with E-state index in [0.717, 1.165) is 19.4 Å². The fourth-order valence-electron chi connectivity index (χ4n) is 3.16. The lowest BCUT2D eigenvalue weighted by Gasteiger charge is -2.32. The Morgan fingerprint density at radius 2 is 1.89 bits per heavy atom. The van der Waals surface area contributed by atoms with Gasteiger partial charge in [-0.05, 0) is 74.8 Å². The number of likely N-dealkylation sites (tertiary alicyclic amines) is 1. The maximum absolute atomic E-state index is 14.4. The van der Waals surface area contributed by atoms with Crippen LogP contribution in [0.15, 0.2) is 42.5 Å². The van der Waals surface area contributed by atoms with Crippen LogP contribution in [-0.2, 0) is 0 Å². The Labute approximate surface area is 170 Å². The average molecular weight is 413 g/mol. The Balaban J connectivity index is 0.00000261. The lowest BCUT2D eigenvalue weighted by molar-refractivity contribution is 0.0690. The van der Waals surface area contributed by atoms with E-state index in [1.54, 1.807) is 35.2 Å². The molecule has 1 fully saturated rings. The highest BCUT2D eigenvalue weighted by molar-refractivity contribution is 6.30. The summed E-state index contributed by atoms with van der Waals surface area (Å²) >= 11 is 5.83. The maximum Gasteiger partial charge on any atom is 0.253 e. The number of rotatable bonds is 5. The molecule has 0 unspecified atom stereocenters. The van der Waals surface area contributed by atoms with E-state index in [-0.39, 0.29) is 24.1 Å². The summed E-state index contributed by atoms with van der Waals surface area (Å²) in [6, 6.07) is 11.0. The van der Waals surface area contributed by atoms with Crippen molar-refractivity contribution in [1.82, 2.24) is 10.2 Å². The van der Waals surface area contributed by atoms with Crippen LogP contribution in [0, 0.1) is 11.7 Å². The molecule has 0 saturated carbocycles. The van der Waals surface area contributed by atoms with Gasteiger partial charge in [0.05, 0.1) is 0 Å². The molecular weight excluding hydrogens is 390 g/mol. The van der Waals surface area contributed by atoms with Gasteiger partial charge < -0.3 is 15.0 Å². The van der Waals surface area contributed by atoms with Gasteiger partial charge in [-0.15, -0.1) is 12.4 Å². The fraction of sp³-hybridized carbons (Fsp3) is 0.350. The molecule has 1 aliphatic rings. The summed E-state index contributed by atoms with van der Waals surface area (Å²) in [5, 5.41) is 3.76. The molecule has 0 bridgehead atoms. The quantitative estimate of drug-likeness (QED) is 0.768. The van der Waals surface area contributed by atoms with Crippen molar-refractivity contribution >= 4 is 29.9 Å². The zero-order valence-electron chi connectivity index (χ0n) is 15.1. The van der Waals surface area contributed by atoms with Gasteiger partial charge in [0.2, 0.25) is 0 Å². The standard InChI is InChI=1S/C20H22ClFN2O2.ClH/c1-23-13-14-8-10-24(11-9-14)20(25)15-2-7-19(18(22)12-15)26-17-5-3-16(21)4-6-17;/h2-7,12,14,23H,8-11,13H2,1H3;1H. The van der Waals surface area contributed by atoms with Gasteiger partial charge in [0.15, 0.2) is 11.6 Å². The molecule has 4 nitrogen and oxygen atoms in total. The molecule has 1 N–H and O–H groups in total. The maximum atomic E-state index is 14.4. The minimum absolute atomic E-state index is 0. The lowest BCUT2D eigenvalue weighted by Crippen LogP contribution is -2.40. The number of nitrogens with one attached hydrogen (secondary N) is 1. The highest BCUT2D eigenvalue weighted by Gasteiger charge is 2.24. The van der Waals surface area contributed by atoms with E-state index in [9.17, 15) is 9.18 Å². The molecule has 1 heterocycles. The van der Waals surface area contributed by atoms with Gasteiger partial charge in [-0.25, -0.2) is 4.39 Å². The molecule has 3 rings (SSSR count). The summed E-state index contributed by atoms with van der Waals surface area (Å²) in [4.78, 5) is 14.4. The number of hydrogen-bond donors (Lipinski definition) is 1. The van der Waals surface area contributed by atoms with Gasteiger partial charge in [0.1, 0.15) is 5.75 Å². The van der Waals surface area contributed by atoms with Crippen molar-refractivity contribution < 1.29 is 13.9 Å². The minimum atomic E-state index is -0.559. The Morgan fingerprint density at radius 3 is 2.48 bits per heavy atom. The Kier molecular flexibility index (Phi) is 7.90. The van der Waals surface area contributed by atoms with E-state index in [2.05, 4.69) is 5.32 Å². The SMILES string of the molecule is CNCC1CCN(C(=O)c2ccc(Oc3ccc(Cl)cc3)c(F)c2)CC1.Cl. The third-order valence-corrected chi connectivity index (χ3v) is 4.87. The molecule has 0 aliphatic carbocycles. The summed E-state index contributed by atoms with van der Waals surface area (Å²) < 4.78 is 19.9. The summed E-state index contributed by atoms with van der Waals surface area (Å²) in [6.45, 7) is 2.37. The first-order valence-electron chi connectivity index (χ1n) is 8.73. The Hall–Kier alpha value is -1.82. The third-order valence-electron chi connectivity index (χ3n) is 4.61. The van der Waals surface area contributed by atoms with Crippen LogP contribution in [0.25, 0.3) is 0 Å². The van der Waals surface area contributed by atoms with Crippen LogP contribution >= 0.6 is 24.0 Å². The Bertz CT molecular complexity index is 763. The van der Waals surface area contributed by atoms with Crippen molar-refractivity contribution in [3.05, 3.63) is 58.9 Å². The van der Waals surface area contributed by atoms with Gasteiger partial charge in [-0.2, -0.15) is 0 Å². The van der Waals surface area contributed by atoms with Crippen molar-refractivity contribution in [2.75, 3.05) is 26.7 Å². The fourth-order valence-corrected chi connectivity index (χ4v) is 3.28. The van der Waals surface area contributed by atoms with Crippen LogP contribution in [0.5, 0.6) is 11.5 Å². The van der Waals surface area contributed by atoms with Crippen LogP contribution in [-0.4, -0.2) is 37.5 Å². The zero-order chi connectivity index (χ0) is 18.5. The smallest absolute Gasteiger partial charge is 0.253 e. The number of nitrogens with zero attached hydrogens (tertiary/aromatic N) is 1. The van der Waals surface area contributed by atoms with Crippen molar-refractivity contribution in [1.29, 1.82) is 0 Å². The van der Waals surface area contributed by atoms with E-state index >= 15 is 0 Å². The van der Waals surface area contributed by atoms with E-state index in [1.807, 2.05) is 7.05 Å². The number of carbonyl (C=O) groups is 1. The van der Waals surface area contributed by atoms with Crippen molar-refractivity contribution in [2.24, 2.45) is 5.92 Å². The molecule has 1 saturated heterocycles. The molecule has 2 aromatic carbocycles. The van der Waals surface area contributed by atoms with Gasteiger partial charge in [-0.1, -0.05) is 11.6 Å². The van der Waals surface area contributed by atoms with Gasteiger partial charge >= 0.3 is 0 Å². The summed E-state index contributed by atoms with van der Waals surface area (Å²) in [7, 11) is 1.94.